The molecule has 6 heteroatoms. The van der Waals surface area contributed by atoms with Crippen molar-refractivity contribution in [3.8, 4) is 11.4 Å². The summed E-state index contributed by atoms with van der Waals surface area (Å²) in [6.45, 7) is 4.05. The van der Waals surface area contributed by atoms with Crippen LogP contribution in [0.25, 0.3) is 11.4 Å². The summed E-state index contributed by atoms with van der Waals surface area (Å²) < 4.78 is 0. The van der Waals surface area contributed by atoms with Gasteiger partial charge in [-0.1, -0.05) is 37.3 Å². The zero-order chi connectivity index (χ0) is 20.2. The molecule has 4 rings (SSSR count). The van der Waals surface area contributed by atoms with Crippen molar-refractivity contribution in [2.45, 2.75) is 19.4 Å². The monoisotopic (exact) mass is 388 g/mol. The Hall–Kier alpha value is -3.25. The van der Waals surface area contributed by atoms with Gasteiger partial charge in [-0.15, -0.1) is 0 Å². The van der Waals surface area contributed by atoms with Crippen molar-refractivity contribution in [1.82, 2.24) is 20.2 Å². The predicted molar refractivity (Wildman–Crippen MR) is 113 cm³/mol. The minimum absolute atomic E-state index is 0.1000. The lowest BCUT2D eigenvalue weighted by molar-refractivity contribution is 0.0632. The van der Waals surface area contributed by atoms with Crippen LogP contribution in [0.15, 0.2) is 65.6 Å². The molecule has 0 aliphatic carbocycles. The van der Waals surface area contributed by atoms with E-state index in [-0.39, 0.29) is 17.5 Å². The molecule has 0 bridgehead atoms. The van der Waals surface area contributed by atoms with E-state index in [9.17, 15) is 9.59 Å². The Morgan fingerprint density at radius 2 is 1.97 bits per heavy atom. The number of hydrogen-bond acceptors (Lipinski definition) is 4. The third-order valence-corrected chi connectivity index (χ3v) is 5.36. The number of carbonyl (C=O) groups is 1. The quantitative estimate of drug-likeness (QED) is 0.720. The summed E-state index contributed by atoms with van der Waals surface area (Å²) in [6.07, 6.45) is 2.64. The lowest BCUT2D eigenvalue weighted by Gasteiger charge is -2.36. The summed E-state index contributed by atoms with van der Waals surface area (Å²) >= 11 is 0. The second-order valence-electron chi connectivity index (χ2n) is 7.14. The third-order valence-electron chi connectivity index (χ3n) is 5.36. The van der Waals surface area contributed by atoms with E-state index in [0.717, 1.165) is 12.0 Å². The molecule has 3 aromatic rings. The number of benzene rings is 1. The fraction of sp³-hybridized carbons (Fsp3) is 0.261. The predicted octanol–water partition coefficient (Wildman–Crippen LogP) is 2.79. The maximum atomic E-state index is 13.2. The van der Waals surface area contributed by atoms with E-state index in [0.29, 0.717) is 31.0 Å². The molecule has 1 fully saturated rings. The normalized spacial score (nSPS) is 16.6. The molecule has 6 nitrogen and oxygen atoms in total. The molecule has 1 aliphatic heterocycles. The number of carbonyl (C=O) groups excluding carboxylic acids is 1. The van der Waals surface area contributed by atoms with Gasteiger partial charge in [0, 0.05) is 25.8 Å². The number of aryl methyl sites for hydroxylation is 1. The van der Waals surface area contributed by atoms with Gasteiger partial charge in [-0.3, -0.25) is 14.6 Å². The summed E-state index contributed by atoms with van der Waals surface area (Å²) in [5.74, 6) is -0.245. The van der Waals surface area contributed by atoms with Gasteiger partial charge in [0.2, 0.25) is 0 Å². The first-order valence-corrected chi connectivity index (χ1v) is 9.92. The summed E-state index contributed by atoms with van der Waals surface area (Å²) in [5.41, 5.74) is 3.36. The van der Waals surface area contributed by atoms with Gasteiger partial charge in [-0.05, 0) is 41.8 Å². The fourth-order valence-corrected chi connectivity index (χ4v) is 3.69. The molecular weight excluding hydrogens is 364 g/mol. The first-order valence-electron chi connectivity index (χ1n) is 9.92. The molecule has 2 N–H and O–H groups in total. The smallest absolute Gasteiger partial charge is 0.261 e. The average Bonchev–Trinajstić information content (AvgIpc) is 2.79. The number of nitrogens with one attached hydrogen (secondary N) is 2. The number of hydrogen-bond donors (Lipinski definition) is 2. The number of aromatic nitrogens is 2. The van der Waals surface area contributed by atoms with Gasteiger partial charge in [0.15, 0.2) is 0 Å². The Morgan fingerprint density at radius 1 is 1.14 bits per heavy atom. The Labute approximate surface area is 169 Å². The Kier molecular flexibility index (Phi) is 5.53. The summed E-state index contributed by atoms with van der Waals surface area (Å²) in [5, 5.41) is 3.36. The fourth-order valence-electron chi connectivity index (χ4n) is 3.69. The summed E-state index contributed by atoms with van der Waals surface area (Å²) in [6, 6.07) is 17.1. The second-order valence-corrected chi connectivity index (χ2v) is 7.14. The molecule has 1 amide bonds. The zero-order valence-electron chi connectivity index (χ0n) is 16.4. The first kappa shape index (κ1) is 19.1. The van der Waals surface area contributed by atoms with Gasteiger partial charge in [0.25, 0.3) is 11.5 Å². The highest BCUT2D eigenvalue weighted by atomic mass is 16.2. The molecule has 0 spiro atoms. The van der Waals surface area contributed by atoms with Gasteiger partial charge in [-0.25, -0.2) is 0 Å². The van der Waals surface area contributed by atoms with E-state index in [1.54, 1.807) is 23.2 Å². The molecule has 1 unspecified atom stereocenters. The summed E-state index contributed by atoms with van der Waals surface area (Å²) in [4.78, 5) is 34.8. The van der Waals surface area contributed by atoms with E-state index in [1.165, 1.54) is 5.56 Å². The van der Waals surface area contributed by atoms with Crippen molar-refractivity contribution in [1.29, 1.82) is 0 Å². The van der Waals surface area contributed by atoms with Crippen molar-refractivity contribution in [3.63, 3.8) is 0 Å². The van der Waals surface area contributed by atoms with E-state index >= 15 is 0 Å². The van der Waals surface area contributed by atoms with Gasteiger partial charge in [0.1, 0.15) is 5.56 Å². The second kappa shape index (κ2) is 8.41. The minimum Gasteiger partial charge on any atom is -0.329 e. The first-order chi connectivity index (χ1) is 14.2. The number of nitrogens with zero attached hydrogens (tertiary/aromatic N) is 2. The lowest BCUT2D eigenvalue weighted by atomic mass is 10.00. The average molecular weight is 388 g/mol. The van der Waals surface area contributed by atoms with E-state index in [4.69, 9.17) is 0 Å². The molecule has 1 aromatic carbocycles. The highest BCUT2D eigenvalue weighted by Crippen LogP contribution is 2.24. The van der Waals surface area contributed by atoms with Crippen molar-refractivity contribution in [2.24, 2.45) is 0 Å². The molecule has 29 heavy (non-hydrogen) atoms. The largest absolute Gasteiger partial charge is 0.329 e. The molecule has 0 radical (unpaired) electrons. The number of rotatable bonds is 4. The van der Waals surface area contributed by atoms with Crippen LogP contribution in [0.3, 0.4) is 0 Å². The van der Waals surface area contributed by atoms with E-state index in [1.807, 2.05) is 18.2 Å². The topological polar surface area (TPSA) is 78.1 Å². The lowest BCUT2D eigenvalue weighted by Crippen LogP contribution is -2.49. The summed E-state index contributed by atoms with van der Waals surface area (Å²) in [7, 11) is 0. The number of pyridine rings is 2. The van der Waals surface area contributed by atoms with Gasteiger partial charge < -0.3 is 15.2 Å². The number of amides is 1. The van der Waals surface area contributed by atoms with Crippen LogP contribution in [-0.2, 0) is 6.42 Å². The van der Waals surface area contributed by atoms with Crippen molar-refractivity contribution in [3.05, 3.63) is 87.8 Å². The Balaban J connectivity index is 1.62. The van der Waals surface area contributed by atoms with E-state index < -0.39 is 5.56 Å². The number of H-pyrrole nitrogens is 1. The molecule has 2 aromatic heterocycles. The highest BCUT2D eigenvalue weighted by molar-refractivity contribution is 5.94. The zero-order valence-corrected chi connectivity index (χ0v) is 16.4. The van der Waals surface area contributed by atoms with Gasteiger partial charge in [-0.2, -0.15) is 0 Å². The molecule has 3 heterocycles. The SMILES string of the molecule is CCc1ccc(C2CNCCN2C(=O)c2ccc(-c3ccccn3)[nH]c2=O)cc1. The molecule has 148 valence electrons. The van der Waals surface area contributed by atoms with Crippen molar-refractivity contribution >= 4 is 5.91 Å². The maximum absolute atomic E-state index is 13.2. The molecular formula is C23H24N4O2. The van der Waals surface area contributed by atoms with Crippen LogP contribution in [-0.4, -0.2) is 40.4 Å². The van der Waals surface area contributed by atoms with Crippen LogP contribution < -0.4 is 10.9 Å². The van der Waals surface area contributed by atoms with Crippen LogP contribution in [0.2, 0.25) is 0 Å². The third kappa shape index (κ3) is 3.98. The highest BCUT2D eigenvalue weighted by Gasteiger charge is 2.30. The van der Waals surface area contributed by atoms with Crippen LogP contribution in [0.1, 0.15) is 34.5 Å². The Morgan fingerprint density at radius 3 is 2.66 bits per heavy atom. The van der Waals surface area contributed by atoms with Crippen LogP contribution in [0.4, 0.5) is 0 Å². The van der Waals surface area contributed by atoms with Gasteiger partial charge >= 0.3 is 0 Å². The molecule has 1 aliphatic rings. The van der Waals surface area contributed by atoms with Crippen LogP contribution in [0.5, 0.6) is 0 Å². The van der Waals surface area contributed by atoms with Crippen LogP contribution in [0, 0.1) is 0 Å². The molecule has 1 saturated heterocycles. The Bertz CT molecular complexity index is 1040. The van der Waals surface area contributed by atoms with E-state index in [2.05, 4.69) is 46.5 Å². The van der Waals surface area contributed by atoms with Crippen LogP contribution >= 0.6 is 0 Å². The standard InChI is InChI=1S/C23H24N4O2/c1-2-16-6-8-17(9-7-16)21-15-24-13-14-27(21)23(29)18-10-11-20(26-22(18)28)19-5-3-4-12-25-19/h3-12,21,24H,2,13-15H2,1H3,(H,26,28). The molecule has 0 saturated carbocycles. The number of piperazine rings is 1. The number of aromatic amines is 1. The minimum atomic E-state index is -0.392. The molecule has 1 atom stereocenters. The maximum Gasteiger partial charge on any atom is 0.261 e. The van der Waals surface area contributed by atoms with Crippen molar-refractivity contribution in [2.75, 3.05) is 19.6 Å². The van der Waals surface area contributed by atoms with Gasteiger partial charge in [0.05, 0.1) is 17.4 Å². The van der Waals surface area contributed by atoms with Crippen molar-refractivity contribution < 1.29 is 4.79 Å².